The molecule has 88 valence electrons. The first kappa shape index (κ1) is 13.7. The lowest BCUT2D eigenvalue weighted by Crippen LogP contribution is -2.49. The summed E-state index contributed by atoms with van der Waals surface area (Å²) >= 11 is 0. The molecule has 0 heterocycles. The molecule has 0 radical (unpaired) electrons. The Morgan fingerprint density at radius 2 is 2.13 bits per heavy atom. The van der Waals surface area contributed by atoms with Gasteiger partial charge in [-0.2, -0.15) is 0 Å². The molecule has 0 aliphatic heterocycles. The van der Waals surface area contributed by atoms with E-state index in [1.54, 1.807) is 6.92 Å². The van der Waals surface area contributed by atoms with Crippen LogP contribution in [0.4, 0.5) is 0 Å². The Balaban J connectivity index is 4.08. The van der Waals surface area contributed by atoms with Gasteiger partial charge in [-0.3, -0.25) is 9.79 Å². The lowest BCUT2D eigenvalue weighted by atomic mass is 9.96. The van der Waals surface area contributed by atoms with Crippen LogP contribution < -0.4 is 16.8 Å². The quantitative estimate of drug-likeness (QED) is 0.260. The van der Waals surface area contributed by atoms with E-state index in [4.69, 9.17) is 16.6 Å². The number of nitrogens with one attached hydrogen (secondary N) is 1. The van der Waals surface area contributed by atoms with Crippen LogP contribution in [-0.2, 0) is 4.79 Å². The molecule has 0 aliphatic rings. The highest BCUT2D eigenvalue weighted by molar-refractivity contribution is 5.78. The van der Waals surface area contributed by atoms with Crippen molar-refractivity contribution in [3.63, 3.8) is 0 Å². The fraction of sp³-hybridized carbons (Fsp3) is 0.778. The number of aliphatic imine (C=N–C) groups is 1. The van der Waals surface area contributed by atoms with Gasteiger partial charge in [0.05, 0.1) is 0 Å². The van der Waals surface area contributed by atoms with Gasteiger partial charge in [-0.1, -0.05) is 6.92 Å². The molecule has 0 aromatic rings. The average molecular weight is 216 g/mol. The highest BCUT2D eigenvalue weighted by Crippen LogP contribution is 2.12. The Morgan fingerprint density at radius 1 is 1.53 bits per heavy atom. The Labute approximate surface area is 89.7 Å². The van der Waals surface area contributed by atoms with E-state index < -0.39 is 11.5 Å². The minimum Gasteiger partial charge on any atom is -0.480 e. The molecule has 0 saturated heterocycles. The molecule has 6 N–H and O–H groups in total. The molecule has 0 aromatic heterocycles. The summed E-state index contributed by atoms with van der Waals surface area (Å²) in [6.07, 6.45) is 1.13. The van der Waals surface area contributed by atoms with Gasteiger partial charge in [0.25, 0.3) is 0 Å². The Kier molecular flexibility index (Phi) is 5.69. The number of carboxylic acid groups (broad SMARTS) is 1. The molecule has 0 amide bonds. The fourth-order valence-corrected chi connectivity index (χ4v) is 1.30. The third kappa shape index (κ3) is 5.21. The second-order valence-corrected chi connectivity index (χ2v) is 3.58. The van der Waals surface area contributed by atoms with Gasteiger partial charge in [-0.25, -0.2) is 0 Å². The van der Waals surface area contributed by atoms with Gasteiger partial charge in [0.1, 0.15) is 5.54 Å². The standard InChI is InChI=1S/C9H20N4O2/c1-3-13-9(2,7(14)15)5-4-6-12-8(10)11/h13H,3-6H2,1-2H3,(H,14,15)(H4,10,11,12). The summed E-state index contributed by atoms with van der Waals surface area (Å²) in [5.41, 5.74) is 9.42. The van der Waals surface area contributed by atoms with Crippen LogP contribution in [0.2, 0.25) is 0 Å². The van der Waals surface area contributed by atoms with Crippen molar-refractivity contribution in [2.75, 3.05) is 13.1 Å². The average Bonchev–Trinajstić information content (AvgIpc) is 2.12. The number of hydrogen-bond donors (Lipinski definition) is 4. The van der Waals surface area contributed by atoms with E-state index in [0.717, 1.165) is 0 Å². The van der Waals surface area contributed by atoms with Crippen molar-refractivity contribution in [3.8, 4) is 0 Å². The number of nitrogens with zero attached hydrogens (tertiary/aromatic N) is 1. The van der Waals surface area contributed by atoms with E-state index in [2.05, 4.69) is 10.3 Å². The summed E-state index contributed by atoms with van der Waals surface area (Å²) in [5, 5.41) is 12.0. The van der Waals surface area contributed by atoms with E-state index >= 15 is 0 Å². The van der Waals surface area contributed by atoms with Crippen molar-refractivity contribution in [2.24, 2.45) is 16.5 Å². The number of hydrogen-bond acceptors (Lipinski definition) is 3. The highest BCUT2D eigenvalue weighted by Gasteiger charge is 2.30. The molecule has 0 rings (SSSR count). The second-order valence-electron chi connectivity index (χ2n) is 3.58. The van der Waals surface area contributed by atoms with Crippen LogP contribution in [0.1, 0.15) is 26.7 Å². The number of aliphatic carboxylic acids is 1. The third-order valence-electron chi connectivity index (χ3n) is 2.17. The Hall–Kier alpha value is -1.30. The Morgan fingerprint density at radius 3 is 2.53 bits per heavy atom. The van der Waals surface area contributed by atoms with Gasteiger partial charge in [0.2, 0.25) is 0 Å². The monoisotopic (exact) mass is 216 g/mol. The summed E-state index contributed by atoms with van der Waals surface area (Å²) in [7, 11) is 0. The predicted molar refractivity (Wildman–Crippen MR) is 59.6 cm³/mol. The molecule has 0 spiro atoms. The van der Waals surface area contributed by atoms with Crippen LogP contribution in [0.5, 0.6) is 0 Å². The number of rotatable bonds is 7. The summed E-state index contributed by atoms with van der Waals surface area (Å²) in [5.74, 6) is -0.815. The van der Waals surface area contributed by atoms with Gasteiger partial charge in [0.15, 0.2) is 5.96 Å². The second kappa shape index (κ2) is 6.23. The topological polar surface area (TPSA) is 114 Å². The van der Waals surface area contributed by atoms with Crippen LogP contribution in [0.25, 0.3) is 0 Å². The number of guanidine groups is 1. The van der Waals surface area contributed by atoms with Crippen LogP contribution in [-0.4, -0.2) is 35.7 Å². The molecule has 0 saturated carbocycles. The van der Waals surface area contributed by atoms with Gasteiger partial charge >= 0.3 is 5.97 Å². The van der Waals surface area contributed by atoms with Crippen LogP contribution in [0, 0.1) is 0 Å². The van der Waals surface area contributed by atoms with E-state index in [9.17, 15) is 4.79 Å². The van der Waals surface area contributed by atoms with E-state index in [-0.39, 0.29) is 5.96 Å². The van der Waals surface area contributed by atoms with Crippen molar-refractivity contribution in [2.45, 2.75) is 32.2 Å². The normalized spacial score (nSPS) is 14.3. The summed E-state index contributed by atoms with van der Waals surface area (Å²) in [6.45, 7) is 4.60. The first-order valence-electron chi connectivity index (χ1n) is 4.96. The SMILES string of the molecule is CCNC(C)(CCCN=C(N)N)C(=O)O. The molecule has 1 atom stereocenters. The van der Waals surface area contributed by atoms with Crippen LogP contribution in [0.3, 0.4) is 0 Å². The number of nitrogens with two attached hydrogens (primary N) is 2. The van der Waals surface area contributed by atoms with Crippen LogP contribution in [0.15, 0.2) is 4.99 Å². The molecule has 15 heavy (non-hydrogen) atoms. The fourth-order valence-electron chi connectivity index (χ4n) is 1.30. The molecular formula is C9H20N4O2. The number of likely N-dealkylation sites (N-methyl/N-ethyl adjacent to an activating group) is 1. The summed E-state index contributed by atoms with van der Waals surface area (Å²) < 4.78 is 0. The maximum absolute atomic E-state index is 11.0. The van der Waals surface area contributed by atoms with Crippen LogP contribution >= 0.6 is 0 Å². The molecule has 6 nitrogen and oxygen atoms in total. The maximum Gasteiger partial charge on any atom is 0.323 e. The number of carboxylic acids is 1. The highest BCUT2D eigenvalue weighted by atomic mass is 16.4. The van der Waals surface area contributed by atoms with Gasteiger partial charge in [-0.15, -0.1) is 0 Å². The molecule has 0 aromatic carbocycles. The van der Waals surface area contributed by atoms with Crippen molar-refractivity contribution in [1.82, 2.24) is 5.32 Å². The lowest BCUT2D eigenvalue weighted by molar-refractivity contribution is -0.144. The predicted octanol–water partition coefficient (Wildman–Crippen LogP) is -0.507. The molecule has 1 unspecified atom stereocenters. The van der Waals surface area contributed by atoms with Gasteiger partial charge < -0.3 is 21.9 Å². The summed E-state index contributed by atoms with van der Waals surface area (Å²) in [4.78, 5) is 14.8. The molecule has 0 fully saturated rings. The Bertz CT molecular complexity index is 238. The van der Waals surface area contributed by atoms with Gasteiger partial charge in [-0.05, 0) is 26.3 Å². The zero-order valence-electron chi connectivity index (χ0n) is 9.29. The number of carbonyl (C=O) groups is 1. The van der Waals surface area contributed by atoms with E-state index in [1.165, 1.54) is 0 Å². The zero-order chi connectivity index (χ0) is 11.9. The van der Waals surface area contributed by atoms with Gasteiger partial charge in [0, 0.05) is 6.54 Å². The zero-order valence-corrected chi connectivity index (χ0v) is 9.29. The first-order valence-corrected chi connectivity index (χ1v) is 4.96. The summed E-state index contributed by atoms with van der Waals surface area (Å²) in [6, 6.07) is 0. The molecule has 6 heteroatoms. The maximum atomic E-state index is 11.0. The van der Waals surface area contributed by atoms with E-state index in [1.807, 2.05) is 6.92 Å². The minimum atomic E-state index is -0.895. The lowest BCUT2D eigenvalue weighted by Gasteiger charge is -2.25. The minimum absolute atomic E-state index is 0.0375. The van der Waals surface area contributed by atoms with Crippen molar-refractivity contribution >= 4 is 11.9 Å². The van der Waals surface area contributed by atoms with Crippen molar-refractivity contribution in [3.05, 3.63) is 0 Å². The smallest absolute Gasteiger partial charge is 0.323 e. The van der Waals surface area contributed by atoms with Crippen molar-refractivity contribution in [1.29, 1.82) is 0 Å². The third-order valence-corrected chi connectivity index (χ3v) is 2.17. The largest absolute Gasteiger partial charge is 0.480 e. The molecule has 0 aliphatic carbocycles. The first-order chi connectivity index (χ1) is 6.92. The molecule has 0 bridgehead atoms. The van der Waals surface area contributed by atoms with Crippen molar-refractivity contribution < 1.29 is 9.90 Å². The van der Waals surface area contributed by atoms with E-state index in [0.29, 0.717) is 25.9 Å². The molecular weight excluding hydrogens is 196 g/mol.